The van der Waals surface area contributed by atoms with E-state index in [9.17, 15) is 8.42 Å². The van der Waals surface area contributed by atoms with Gasteiger partial charge in [0.25, 0.3) is 0 Å². The molecule has 0 amide bonds. The third-order valence-corrected chi connectivity index (χ3v) is 4.71. The maximum atomic E-state index is 12.2. The Labute approximate surface area is 113 Å². The number of hydrogen-bond donors (Lipinski definition) is 0. The predicted octanol–water partition coefficient (Wildman–Crippen LogP) is 2.50. The van der Waals surface area contributed by atoms with Crippen LogP contribution in [0.1, 0.15) is 48.0 Å². The second-order valence-corrected chi connectivity index (χ2v) is 8.07. The average molecular weight is 279 g/mol. The Hall–Kier alpha value is -0.130. The third kappa shape index (κ3) is 7.34. The average Bonchev–Trinajstić information content (AvgIpc) is 2.14. The Morgan fingerprint density at radius 2 is 1.78 bits per heavy atom. The molecule has 0 rings (SSSR count). The molecule has 18 heavy (non-hydrogen) atoms. The zero-order valence-corrected chi connectivity index (χ0v) is 13.5. The van der Waals surface area contributed by atoms with E-state index in [1.807, 2.05) is 20.8 Å². The lowest BCUT2D eigenvalue weighted by atomic mass is 9.92. The van der Waals surface area contributed by atoms with E-state index in [0.29, 0.717) is 13.2 Å². The highest BCUT2D eigenvalue weighted by Gasteiger charge is 2.26. The van der Waals surface area contributed by atoms with Crippen LogP contribution in [0.25, 0.3) is 0 Å². The Bertz CT molecular complexity index is 318. The maximum absolute atomic E-state index is 12.2. The van der Waals surface area contributed by atoms with E-state index in [1.165, 1.54) is 0 Å². The molecule has 0 fully saturated rings. The van der Waals surface area contributed by atoms with E-state index in [2.05, 4.69) is 20.8 Å². The van der Waals surface area contributed by atoms with Crippen LogP contribution >= 0.6 is 0 Å². The van der Waals surface area contributed by atoms with Crippen molar-refractivity contribution in [3.8, 4) is 0 Å². The minimum absolute atomic E-state index is 0.000948. The van der Waals surface area contributed by atoms with E-state index in [0.717, 1.165) is 6.42 Å². The lowest BCUT2D eigenvalue weighted by molar-refractivity contribution is 0.162. The smallest absolute Gasteiger partial charge is 0.216 e. The predicted molar refractivity (Wildman–Crippen MR) is 76.2 cm³/mol. The first-order valence-electron chi connectivity index (χ1n) is 6.67. The zero-order chi connectivity index (χ0) is 14.4. The van der Waals surface area contributed by atoms with Crippen LogP contribution in [0.5, 0.6) is 0 Å². The topological polar surface area (TPSA) is 46.6 Å². The van der Waals surface area contributed by atoms with E-state index in [-0.39, 0.29) is 23.8 Å². The maximum Gasteiger partial charge on any atom is 0.216 e. The summed E-state index contributed by atoms with van der Waals surface area (Å²) in [4.78, 5) is 0. The van der Waals surface area contributed by atoms with Crippen molar-refractivity contribution in [2.45, 2.75) is 54.0 Å². The second-order valence-electron chi connectivity index (χ2n) is 6.03. The van der Waals surface area contributed by atoms with Crippen LogP contribution in [-0.4, -0.2) is 44.3 Å². The molecule has 0 radical (unpaired) electrons. The minimum Gasteiger partial charge on any atom is -0.381 e. The number of rotatable bonds is 8. The molecule has 4 nitrogen and oxygen atoms in total. The fraction of sp³-hybridized carbons (Fsp3) is 1.00. The first kappa shape index (κ1) is 17.9. The second kappa shape index (κ2) is 7.46. The summed E-state index contributed by atoms with van der Waals surface area (Å²) in [5.41, 5.74) is 0.141. The first-order valence-corrected chi connectivity index (χ1v) is 8.28. The van der Waals surface area contributed by atoms with Gasteiger partial charge in [-0.15, -0.1) is 0 Å². The van der Waals surface area contributed by atoms with E-state index in [1.54, 1.807) is 4.31 Å². The van der Waals surface area contributed by atoms with E-state index >= 15 is 0 Å². The molecule has 0 N–H and O–H groups in total. The summed E-state index contributed by atoms with van der Waals surface area (Å²) in [6.07, 6.45) is 0.860. The highest BCUT2D eigenvalue weighted by Crippen LogP contribution is 2.21. The van der Waals surface area contributed by atoms with Gasteiger partial charge in [0.05, 0.1) is 12.4 Å². The Morgan fingerprint density at radius 3 is 2.17 bits per heavy atom. The standard InChI is InChI=1S/C13H29NO3S/c1-7-17-10-11-18(15,16)14(12(2)3)9-8-13(4,5)6/h12H,7-11H2,1-6H3. The van der Waals surface area contributed by atoms with Crippen molar-refractivity contribution in [1.82, 2.24) is 4.31 Å². The molecule has 0 aliphatic rings. The van der Waals surface area contributed by atoms with E-state index < -0.39 is 10.0 Å². The first-order chi connectivity index (χ1) is 8.10. The van der Waals surface area contributed by atoms with Crippen LogP contribution in [0.2, 0.25) is 0 Å². The van der Waals surface area contributed by atoms with Gasteiger partial charge in [-0.05, 0) is 32.6 Å². The molecule has 0 aromatic rings. The quantitative estimate of drug-likeness (QED) is 0.641. The van der Waals surface area contributed by atoms with Crippen molar-refractivity contribution in [1.29, 1.82) is 0 Å². The van der Waals surface area contributed by atoms with Gasteiger partial charge in [-0.2, -0.15) is 4.31 Å². The van der Waals surface area contributed by atoms with Gasteiger partial charge >= 0.3 is 0 Å². The van der Waals surface area contributed by atoms with Crippen LogP contribution in [0.3, 0.4) is 0 Å². The molecule has 0 heterocycles. The van der Waals surface area contributed by atoms with Crippen LogP contribution in [-0.2, 0) is 14.8 Å². The summed E-state index contributed by atoms with van der Waals surface area (Å²) < 4.78 is 31.2. The monoisotopic (exact) mass is 279 g/mol. The molecule has 0 atom stereocenters. The van der Waals surface area contributed by atoms with Crippen molar-refractivity contribution >= 4 is 10.0 Å². The highest BCUT2D eigenvalue weighted by atomic mass is 32.2. The molecule has 0 bridgehead atoms. The van der Waals surface area contributed by atoms with Gasteiger partial charge in [0.15, 0.2) is 0 Å². The molecule has 5 heteroatoms. The van der Waals surface area contributed by atoms with Gasteiger partial charge in [0.2, 0.25) is 10.0 Å². The third-order valence-electron chi connectivity index (χ3n) is 2.71. The molecule has 0 unspecified atom stereocenters. The molecule has 0 saturated carbocycles. The molecule has 0 saturated heterocycles. The molecule has 0 spiro atoms. The number of sulfonamides is 1. The Morgan fingerprint density at radius 1 is 1.22 bits per heavy atom. The SMILES string of the molecule is CCOCCS(=O)(=O)N(CCC(C)(C)C)C(C)C. The van der Waals surface area contributed by atoms with Crippen molar-refractivity contribution in [3.05, 3.63) is 0 Å². The largest absolute Gasteiger partial charge is 0.381 e. The molecular formula is C13H29NO3S. The number of hydrogen-bond acceptors (Lipinski definition) is 3. The molecule has 0 aromatic heterocycles. The van der Waals surface area contributed by atoms with Crippen LogP contribution in [0.15, 0.2) is 0 Å². The molecule has 0 aromatic carbocycles. The van der Waals surface area contributed by atoms with Crippen molar-refractivity contribution < 1.29 is 13.2 Å². The van der Waals surface area contributed by atoms with Gasteiger partial charge in [0, 0.05) is 19.2 Å². The van der Waals surface area contributed by atoms with Crippen LogP contribution < -0.4 is 0 Å². The summed E-state index contributed by atoms with van der Waals surface area (Å²) >= 11 is 0. The molecular weight excluding hydrogens is 250 g/mol. The summed E-state index contributed by atoms with van der Waals surface area (Å²) in [5.74, 6) is 0.0726. The van der Waals surface area contributed by atoms with E-state index in [4.69, 9.17) is 4.74 Å². The summed E-state index contributed by atoms with van der Waals surface area (Å²) in [5, 5.41) is 0. The summed E-state index contributed by atoms with van der Waals surface area (Å²) in [6, 6.07) is -0.000948. The normalized spacial score (nSPS) is 13.6. The van der Waals surface area contributed by atoms with Crippen molar-refractivity contribution in [3.63, 3.8) is 0 Å². The van der Waals surface area contributed by atoms with Gasteiger partial charge in [-0.25, -0.2) is 8.42 Å². The summed E-state index contributed by atoms with van der Waals surface area (Å²) in [7, 11) is -3.21. The Kier molecular flexibility index (Phi) is 7.40. The highest BCUT2D eigenvalue weighted by molar-refractivity contribution is 7.89. The van der Waals surface area contributed by atoms with Crippen LogP contribution in [0, 0.1) is 5.41 Å². The van der Waals surface area contributed by atoms with Gasteiger partial charge in [0.1, 0.15) is 0 Å². The summed E-state index contributed by atoms with van der Waals surface area (Å²) in [6.45, 7) is 13.5. The lowest BCUT2D eigenvalue weighted by Crippen LogP contribution is -2.41. The van der Waals surface area contributed by atoms with Crippen molar-refractivity contribution in [2.24, 2.45) is 5.41 Å². The lowest BCUT2D eigenvalue weighted by Gasteiger charge is -2.29. The van der Waals surface area contributed by atoms with Gasteiger partial charge < -0.3 is 4.74 Å². The van der Waals surface area contributed by atoms with Crippen molar-refractivity contribution in [2.75, 3.05) is 25.5 Å². The van der Waals surface area contributed by atoms with Gasteiger partial charge in [-0.1, -0.05) is 20.8 Å². The Balaban J connectivity index is 4.58. The zero-order valence-electron chi connectivity index (χ0n) is 12.7. The molecule has 0 aliphatic heterocycles. The molecule has 110 valence electrons. The number of ether oxygens (including phenoxy) is 1. The number of nitrogens with zero attached hydrogens (tertiary/aromatic N) is 1. The minimum atomic E-state index is -3.21. The fourth-order valence-electron chi connectivity index (χ4n) is 1.59. The fourth-order valence-corrected chi connectivity index (χ4v) is 3.16. The van der Waals surface area contributed by atoms with Gasteiger partial charge in [-0.3, -0.25) is 0 Å². The molecule has 0 aliphatic carbocycles. The van der Waals surface area contributed by atoms with Crippen LogP contribution in [0.4, 0.5) is 0 Å².